The number of H-pyrrole nitrogens is 1. The lowest BCUT2D eigenvalue weighted by Gasteiger charge is -2.26. The van der Waals surface area contributed by atoms with Crippen LogP contribution in [0, 0.1) is 6.92 Å². The molecule has 26 heavy (non-hydrogen) atoms. The lowest BCUT2D eigenvalue weighted by atomic mass is 10.0. The summed E-state index contributed by atoms with van der Waals surface area (Å²) in [7, 11) is -3.60. The molecule has 0 fully saturated rings. The Kier molecular flexibility index (Phi) is 3.86. The Labute approximate surface area is 151 Å². The van der Waals surface area contributed by atoms with Crippen molar-refractivity contribution in [3.8, 4) is 0 Å². The summed E-state index contributed by atoms with van der Waals surface area (Å²) in [6, 6.07) is 11.8. The number of benzene rings is 2. The minimum absolute atomic E-state index is 0.193. The van der Waals surface area contributed by atoms with E-state index in [4.69, 9.17) is 0 Å². The summed E-state index contributed by atoms with van der Waals surface area (Å²) in [5, 5.41) is 9.99. The quantitative estimate of drug-likeness (QED) is 0.742. The fraction of sp³-hybridized carbons (Fsp3) is 0.211. The molecule has 0 spiro atoms. The normalized spacial score (nSPS) is 15.1. The summed E-state index contributed by atoms with van der Waals surface area (Å²) < 4.78 is 27.5. The van der Waals surface area contributed by atoms with Crippen LogP contribution < -0.4 is 0 Å². The number of sulfonamides is 1. The molecule has 1 aliphatic heterocycles. The van der Waals surface area contributed by atoms with Gasteiger partial charge in [0.15, 0.2) is 0 Å². The van der Waals surface area contributed by atoms with Gasteiger partial charge >= 0.3 is 5.97 Å². The van der Waals surface area contributed by atoms with Crippen LogP contribution in [0.25, 0.3) is 10.9 Å². The number of carboxylic acids is 1. The number of nitrogens with one attached hydrogen (secondary N) is 1. The van der Waals surface area contributed by atoms with Gasteiger partial charge < -0.3 is 10.1 Å². The van der Waals surface area contributed by atoms with Crippen LogP contribution in [0.15, 0.2) is 47.4 Å². The Morgan fingerprint density at radius 1 is 1.19 bits per heavy atom. The first-order valence-electron chi connectivity index (χ1n) is 8.30. The maximum Gasteiger partial charge on any atom is 0.335 e. The van der Waals surface area contributed by atoms with E-state index in [1.54, 1.807) is 36.4 Å². The van der Waals surface area contributed by atoms with E-state index in [0.29, 0.717) is 13.0 Å². The second-order valence-corrected chi connectivity index (χ2v) is 8.49. The summed E-state index contributed by atoms with van der Waals surface area (Å²) in [5.41, 5.74) is 3.73. The topological polar surface area (TPSA) is 90.5 Å². The van der Waals surface area contributed by atoms with Crippen molar-refractivity contribution in [2.75, 3.05) is 6.54 Å². The predicted octanol–water partition coefficient (Wildman–Crippen LogP) is 2.92. The molecule has 0 unspecified atom stereocenters. The SMILES string of the molecule is Cc1cccc(S(=O)(=O)N2CCc3[nH]c4ccc(C(=O)O)cc4c3C2)c1. The number of aromatic carboxylic acids is 1. The molecule has 0 radical (unpaired) electrons. The van der Waals surface area contributed by atoms with Crippen molar-refractivity contribution in [2.45, 2.75) is 24.8 Å². The lowest BCUT2D eigenvalue weighted by Crippen LogP contribution is -2.35. The molecule has 134 valence electrons. The number of hydrogen-bond donors (Lipinski definition) is 2. The smallest absolute Gasteiger partial charge is 0.335 e. The molecule has 7 heteroatoms. The summed E-state index contributed by atoms with van der Waals surface area (Å²) in [5.74, 6) is -0.998. The van der Waals surface area contributed by atoms with E-state index >= 15 is 0 Å². The molecule has 3 aromatic rings. The van der Waals surface area contributed by atoms with Gasteiger partial charge in [0.2, 0.25) is 10.0 Å². The van der Waals surface area contributed by atoms with Gasteiger partial charge in [-0.25, -0.2) is 13.2 Å². The number of rotatable bonds is 3. The number of aryl methyl sites for hydroxylation is 1. The second-order valence-electron chi connectivity index (χ2n) is 6.55. The molecule has 4 rings (SSSR count). The highest BCUT2D eigenvalue weighted by molar-refractivity contribution is 7.89. The minimum atomic E-state index is -3.60. The number of hydrogen-bond acceptors (Lipinski definition) is 3. The summed E-state index contributed by atoms with van der Waals surface area (Å²) >= 11 is 0. The zero-order valence-corrected chi connectivity index (χ0v) is 15.0. The monoisotopic (exact) mass is 370 g/mol. The van der Waals surface area contributed by atoms with Crippen molar-refractivity contribution >= 4 is 26.9 Å². The molecule has 0 saturated heterocycles. The molecule has 0 amide bonds. The minimum Gasteiger partial charge on any atom is -0.478 e. The Morgan fingerprint density at radius 3 is 2.73 bits per heavy atom. The van der Waals surface area contributed by atoms with Crippen molar-refractivity contribution in [3.63, 3.8) is 0 Å². The molecule has 0 bridgehead atoms. The Morgan fingerprint density at radius 2 is 2.00 bits per heavy atom. The molecular formula is C19H18N2O4S. The standard InChI is InChI=1S/C19H18N2O4S/c1-12-3-2-4-14(9-12)26(24,25)21-8-7-18-16(11-21)15-10-13(19(22)23)5-6-17(15)20-18/h2-6,9-10,20H,7-8,11H2,1H3,(H,22,23). The van der Waals surface area contributed by atoms with Gasteiger partial charge in [0.1, 0.15) is 0 Å². The highest BCUT2D eigenvalue weighted by Crippen LogP contribution is 2.31. The first-order valence-corrected chi connectivity index (χ1v) is 9.74. The third kappa shape index (κ3) is 2.69. The highest BCUT2D eigenvalue weighted by atomic mass is 32.2. The van der Waals surface area contributed by atoms with Crippen LogP contribution >= 0.6 is 0 Å². The largest absolute Gasteiger partial charge is 0.478 e. The molecule has 2 aromatic carbocycles. The van der Waals surface area contributed by atoms with Crippen molar-refractivity contribution in [1.29, 1.82) is 0 Å². The van der Waals surface area contributed by atoms with Gasteiger partial charge in [-0.05, 0) is 48.4 Å². The van der Waals surface area contributed by atoms with E-state index in [-0.39, 0.29) is 17.0 Å². The average Bonchev–Trinajstić information content (AvgIpc) is 2.98. The van der Waals surface area contributed by atoms with E-state index in [9.17, 15) is 18.3 Å². The van der Waals surface area contributed by atoms with Crippen LogP contribution in [-0.2, 0) is 23.0 Å². The van der Waals surface area contributed by atoms with E-state index in [2.05, 4.69) is 4.98 Å². The molecular weight excluding hydrogens is 352 g/mol. The highest BCUT2D eigenvalue weighted by Gasteiger charge is 2.30. The number of carboxylic acid groups (broad SMARTS) is 1. The number of aromatic nitrogens is 1. The van der Waals surface area contributed by atoms with Gasteiger partial charge in [-0.3, -0.25) is 0 Å². The van der Waals surface area contributed by atoms with Crippen molar-refractivity contribution < 1.29 is 18.3 Å². The Hall–Kier alpha value is -2.64. The third-order valence-corrected chi connectivity index (χ3v) is 6.66. The van der Waals surface area contributed by atoms with Gasteiger partial charge in [-0.1, -0.05) is 12.1 Å². The van der Waals surface area contributed by atoms with E-state index < -0.39 is 16.0 Å². The molecule has 0 saturated carbocycles. The first kappa shape index (κ1) is 16.8. The van der Waals surface area contributed by atoms with Crippen LogP contribution in [0.3, 0.4) is 0 Å². The van der Waals surface area contributed by atoms with Crippen LogP contribution in [0.5, 0.6) is 0 Å². The summed E-state index contributed by atoms with van der Waals surface area (Å²) in [4.78, 5) is 14.8. The number of aromatic amines is 1. The molecule has 2 N–H and O–H groups in total. The van der Waals surface area contributed by atoms with Crippen LogP contribution in [-0.4, -0.2) is 35.3 Å². The molecule has 1 aliphatic rings. The van der Waals surface area contributed by atoms with Crippen LogP contribution in [0.4, 0.5) is 0 Å². The Balaban J connectivity index is 1.76. The zero-order valence-electron chi connectivity index (χ0n) is 14.2. The summed E-state index contributed by atoms with van der Waals surface area (Å²) in [6.45, 7) is 2.48. The Bertz CT molecular complexity index is 1130. The molecule has 0 aliphatic carbocycles. The van der Waals surface area contributed by atoms with E-state index in [1.165, 1.54) is 4.31 Å². The maximum atomic E-state index is 13.0. The van der Waals surface area contributed by atoms with Gasteiger partial charge in [0.05, 0.1) is 10.5 Å². The maximum absolute atomic E-state index is 13.0. The van der Waals surface area contributed by atoms with E-state index in [1.807, 2.05) is 13.0 Å². The van der Waals surface area contributed by atoms with Crippen molar-refractivity contribution in [1.82, 2.24) is 9.29 Å². The van der Waals surface area contributed by atoms with Crippen LogP contribution in [0.1, 0.15) is 27.2 Å². The summed E-state index contributed by atoms with van der Waals surface area (Å²) in [6.07, 6.45) is 0.567. The van der Waals surface area contributed by atoms with Gasteiger partial charge in [-0.15, -0.1) is 0 Å². The number of nitrogens with zero attached hydrogens (tertiary/aromatic N) is 1. The molecule has 2 heterocycles. The van der Waals surface area contributed by atoms with E-state index in [0.717, 1.165) is 27.7 Å². The van der Waals surface area contributed by atoms with Gasteiger partial charge in [0.25, 0.3) is 0 Å². The molecule has 1 aromatic heterocycles. The molecule has 6 nitrogen and oxygen atoms in total. The number of carbonyl (C=O) groups is 1. The second kappa shape index (κ2) is 5.96. The van der Waals surface area contributed by atoms with Gasteiger partial charge in [-0.2, -0.15) is 4.31 Å². The fourth-order valence-corrected chi connectivity index (χ4v) is 4.97. The zero-order chi connectivity index (χ0) is 18.5. The van der Waals surface area contributed by atoms with Crippen molar-refractivity contribution in [2.24, 2.45) is 0 Å². The van der Waals surface area contributed by atoms with Gasteiger partial charge in [0, 0.05) is 36.1 Å². The number of fused-ring (bicyclic) bond motifs is 3. The molecule has 0 atom stereocenters. The average molecular weight is 370 g/mol. The lowest BCUT2D eigenvalue weighted by molar-refractivity contribution is 0.0697. The van der Waals surface area contributed by atoms with Crippen LogP contribution in [0.2, 0.25) is 0 Å². The third-order valence-electron chi connectivity index (χ3n) is 4.81. The fourth-order valence-electron chi connectivity index (χ4n) is 3.45. The first-order chi connectivity index (χ1) is 12.4. The predicted molar refractivity (Wildman–Crippen MR) is 97.7 cm³/mol. The van der Waals surface area contributed by atoms with Crippen molar-refractivity contribution in [3.05, 3.63) is 64.8 Å².